The lowest BCUT2D eigenvalue weighted by atomic mass is 9.80. The molecule has 1 aliphatic carbocycles. The normalized spacial score (nSPS) is 18.7. The summed E-state index contributed by atoms with van der Waals surface area (Å²) in [6, 6.07) is 9.11. The smallest absolute Gasteiger partial charge is 0.0802 e. The van der Waals surface area contributed by atoms with Crippen LogP contribution < -0.4 is 10.2 Å². The van der Waals surface area contributed by atoms with E-state index in [0.29, 0.717) is 6.04 Å². The molecule has 0 saturated heterocycles. The highest BCUT2D eigenvalue weighted by molar-refractivity contribution is 5.46. The molecule has 1 fully saturated rings. The maximum absolute atomic E-state index is 5.64. The van der Waals surface area contributed by atoms with Crippen LogP contribution in [-0.2, 0) is 4.74 Å². The topological polar surface area (TPSA) is 24.5 Å². The second-order valence-corrected chi connectivity index (χ2v) is 5.83. The summed E-state index contributed by atoms with van der Waals surface area (Å²) in [5, 5.41) is 3.60. The van der Waals surface area contributed by atoms with Gasteiger partial charge in [-0.3, -0.25) is 0 Å². The van der Waals surface area contributed by atoms with Crippen molar-refractivity contribution in [3.8, 4) is 0 Å². The molecular weight excluding hydrogens is 236 g/mol. The van der Waals surface area contributed by atoms with Crippen molar-refractivity contribution in [2.45, 2.75) is 37.8 Å². The summed E-state index contributed by atoms with van der Waals surface area (Å²) in [7, 11) is 5.96. The van der Waals surface area contributed by atoms with Crippen molar-refractivity contribution in [3.05, 3.63) is 29.8 Å². The number of rotatable bonds is 6. The molecule has 3 heteroatoms. The third-order valence-corrected chi connectivity index (χ3v) is 4.34. The minimum atomic E-state index is 0.0951. The lowest BCUT2D eigenvalue weighted by Crippen LogP contribution is -2.48. The average Bonchev–Trinajstić information content (AvgIpc) is 2.38. The molecule has 1 unspecified atom stereocenters. The molecule has 0 spiro atoms. The second kappa shape index (κ2) is 5.93. The van der Waals surface area contributed by atoms with Crippen molar-refractivity contribution in [2.75, 3.05) is 32.6 Å². The first-order valence-electron chi connectivity index (χ1n) is 7.12. The van der Waals surface area contributed by atoms with Crippen LogP contribution in [0.1, 0.15) is 37.8 Å². The third-order valence-electron chi connectivity index (χ3n) is 4.34. The van der Waals surface area contributed by atoms with Crippen molar-refractivity contribution in [3.63, 3.8) is 0 Å². The number of hydrogen-bond acceptors (Lipinski definition) is 3. The molecule has 1 saturated carbocycles. The van der Waals surface area contributed by atoms with Crippen molar-refractivity contribution < 1.29 is 4.74 Å². The Hall–Kier alpha value is -1.06. The first kappa shape index (κ1) is 14.4. The van der Waals surface area contributed by atoms with E-state index in [9.17, 15) is 0 Å². The van der Waals surface area contributed by atoms with Gasteiger partial charge in [0.25, 0.3) is 0 Å². The summed E-state index contributed by atoms with van der Waals surface area (Å²) in [5.74, 6) is 0. The minimum absolute atomic E-state index is 0.0951. The van der Waals surface area contributed by atoms with Gasteiger partial charge in [-0.1, -0.05) is 12.1 Å². The van der Waals surface area contributed by atoms with Gasteiger partial charge < -0.3 is 15.0 Å². The van der Waals surface area contributed by atoms with Crippen molar-refractivity contribution >= 4 is 5.69 Å². The zero-order valence-electron chi connectivity index (χ0n) is 12.6. The molecule has 106 valence electrons. The summed E-state index contributed by atoms with van der Waals surface area (Å²) in [6.45, 7) is 3.16. The van der Waals surface area contributed by atoms with Gasteiger partial charge in [0.05, 0.1) is 5.60 Å². The molecule has 2 rings (SSSR count). The van der Waals surface area contributed by atoms with Gasteiger partial charge in [0, 0.05) is 39.5 Å². The monoisotopic (exact) mass is 262 g/mol. The number of methoxy groups -OCH3 is 1. The van der Waals surface area contributed by atoms with Gasteiger partial charge in [-0.25, -0.2) is 0 Å². The van der Waals surface area contributed by atoms with Crippen molar-refractivity contribution in [1.29, 1.82) is 0 Å². The minimum Gasteiger partial charge on any atom is -0.378 e. The first-order chi connectivity index (χ1) is 9.06. The SMILES string of the molecule is COC1(CNC(C)c2ccc(N(C)C)cc2)CCC1. The van der Waals surface area contributed by atoms with Crippen LogP contribution in [0.25, 0.3) is 0 Å². The van der Waals surface area contributed by atoms with E-state index in [1.807, 2.05) is 7.11 Å². The highest BCUT2D eigenvalue weighted by Crippen LogP contribution is 2.34. The van der Waals surface area contributed by atoms with E-state index in [1.165, 1.54) is 30.5 Å². The molecule has 1 aromatic rings. The zero-order chi connectivity index (χ0) is 13.9. The second-order valence-electron chi connectivity index (χ2n) is 5.83. The van der Waals surface area contributed by atoms with Crippen LogP contribution in [0.4, 0.5) is 5.69 Å². The van der Waals surface area contributed by atoms with Gasteiger partial charge in [0.1, 0.15) is 0 Å². The molecule has 0 amide bonds. The van der Waals surface area contributed by atoms with Crippen LogP contribution in [0.5, 0.6) is 0 Å². The molecule has 0 radical (unpaired) electrons. The molecule has 1 aliphatic rings. The van der Waals surface area contributed by atoms with Crippen LogP contribution in [0.2, 0.25) is 0 Å². The Labute approximate surface area is 116 Å². The predicted molar refractivity (Wildman–Crippen MR) is 80.8 cm³/mol. The summed E-state index contributed by atoms with van der Waals surface area (Å²) in [6.07, 6.45) is 3.66. The Morgan fingerprint density at radius 3 is 2.32 bits per heavy atom. The zero-order valence-corrected chi connectivity index (χ0v) is 12.6. The lowest BCUT2D eigenvalue weighted by Gasteiger charge is -2.41. The van der Waals surface area contributed by atoms with E-state index in [1.54, 1.807) is 0 Å². The molecule has 1 aromatic carbocycles. The van der Waals surface area contributed by atoms with Gasteiger partial charge in [-0.05, 0) is 43.9 Å². The van der Waals surface area contributed by atoms with Gasteiger partial charge in [0.2, 0.25) is 0 Å². The van der Waals surface area contributed by atoms with Crippen LogP contribution in [0, 0.1) is 0 Å². The molecule has 19 heavy (non-hydrogen) atoms. The fourth-order valence-electron chi connectivity index (χ4n) is 2.54. The Kier molecular flexibility index (Phi) is 4.48. The molecular formula is C16H26N2O. The van der Waals surface area contributed by atoms with Crippen LogP contribution in [-0.4, -0.2) is 33.4 Å². The predicted octanol–water partition coefficient (Wildman–Crippen LogP) is 2.97. The highest BCUT2D eigenvalue weighted by atomic mass is 16.5. The summed E-state index contributed by atoms with van der Waals surface area (Å²) in [4.78, 5) is 2.12. The molecule has 3 nitrogen and oxygen atoms in total. The van der Waals surface area contributed by atoms with Crippen molar-refractivity contribution in [1.82, 2.24) is 5.32 Å². The van der Waals surface area contributed by atoms with Crippen LogP contribution >= 0.6 is 0 Å². The van der Waals surface area contributed by atoms with Crippen LogP contribution in [0.15, 0.2) is 24.3 Å². The number of hydrogen-bond donors (Lipinski definition) is 1. The summed E-state index contributed by atoms with van der Waals surface area (Å²) in [5.41, 5.74) is 2.66. The van der Waals surface area contributed by atoms with E-state index >= 15 is 0 Å². The molecule has 1 N–H and O–H groups in total. The summed E-state index contributed by atoms with van der Waals surface area (Å²) < 4.78 is 5.64. The van der Waals surface area contributed by atoms with Gasteiger partial charge in [0.15, 0.2) is 0 Å². The Balaban J connectivity index is 1.90. The van der Waals surface area contributed by atoms with Crippen molar-refractivity contribution in [2.24, 2.45) is 0 Å². The number of benzene rings is 1. The van der Waals surface area contributed by atoms with Gasteiger partial charge in [-0.2, -0.15) is 0 Å². The van der Waals surface area contributed by atoms with E-state index in [2.05, 4.69) is 55.5 Å². The molecule has 0 aliphatic heterocycles. The average molecular weight is 262 g/mol. The highest BCUT2D eigenvalue weighted by Gasteiger charge is 2.36. The van der Waals surface area contributed by atoms with Gasteiger partial charge >= 0.3 is 0 Å². The van der Waals surface area contributed by atoms with E-state index < -0.39 is 0 Å². The number of anilines is 1. The molecule has 0 heterocycles. The first-order valence-corrected chi connectivity index (χ1v) is 7.12. The van der Waals surface area contributed by atoms with E-state index in [0.717, 1.165) is 6.54 Å². The van der Waals surface area contributed by atoms with Crippen LogP contribution in [0.3, 0.4) is 0 Å². The Morgan fingerprint density at radius 2 is 1.89 bits per heavy atom. The standard InChI is InChI=1S/C16H26N2O/c1-13(17-12-16(19-4)10-5-11-16)14-6-8-15(9-7-14)18(2)3/h6-9,13,17H,5,10-12H2,1-4H3. The lowest BCUT2D eigenvalue weighted by molar-refractivity contribution is -0.0706. The maximum Gasteiger partial charge on any atom is 0.0802 e. The van der Waals surface area contributed by atoms with Gasteiger partial charge in [-0.15, -0.1) is 0 Å². The quantitative estimate of drug-likeness (QED) is 0.853. The fraction of sp³-hybridized carbons (Fsp3) is 0.625. The number of nitrogens with zero attached hydrogens (tertiary/aromatic N) is 1. The maximum atomic E-state index is 5.64. The van der Waals surface area contributed by atoms with E-state index in [4.69, 9.17) is 4.74 Å². The Bertz CT molecular complexity index is 390. The van der Waals surface area contributed by atoms with E-state index in [-0.39, 0.29) is 5.60 Å². The Morgan fingerprint density at radius 1 is 1.26 bits per heavy atom. The number of ether oxygens (including phenoxy) is 1. The molecule has 1 atom stereocenters. The third kappa shape index (κ3) is 3.28. The molecule has 0 bridgehead atoms. The molecule has 0 aromatic heterocycles. The largest absolute Gasteiger partial charge is 0.378 e. The fourth-order valence-corrected chi connectivity index (χ4v) is 2.54. The number of nitrogens with one attached hydrogen (secondary N) is 1. The summed E-state index contributed by atoms with van der Waals surface area (Å²) >= 11 is 0.